The number of nitrogens with zero attached hydrogens (tertiary/aromatic N) is 2. The first-order chi connectivity index (χ1) is 20.0. The van der Waals surface area contributed by atoms with Crippen molar-refractivity contribution in [3.63, 3.8) is 0 Å². The van der Waals surface area contributed by atoms with E-state index in [1.165, 1.54) is 11.3 Å². The number of carbonyl (C=O) groups is 2. The van der Waals surface area contributed by atoms with Gasteiger partial charge in [0.2, 0.25) is 6.79 Å². The van der Waals surface area contributed by atoms with Gasteiger partial charge in [-0.25, -0.2) is 0 Å². The number of aryl methyl sites for hydroxylation is 1. The van der Waals surface area contributed by atoms with Gasteiger partial charge in [-0.1, -0.05) is 25.3 Å². The summed E-state index contributed by atoms with van der Waals surface area (Å²) < 4.78 is 28.6. The molecule has 1 atom stereocenters. The summed E-state index contributed by atoms with van der Waals surface area (Å²) in [5.41, 5.74) is 0.793. The van der Waals surface area contributed by atoms with Gasteiger partial charge in [0.15, 0.2) is 23.3 Å². The molecule has 41 heavy (non-hydrogen) atoms. The van der Waals surface area contributed by atoms with Gasteiger partial charge in [0.1, 0.15) is 17.3 Å². The molecule has 10 nitrogen and oxygen atoms in total. The topological polar surface area (TPSA) is 107 Å². The third-order valence-corrected chi connectivity index (χ3v) is 7.95. The minimum Gasteiger partial charge on any atom is -0.464 e. The van der Waals surface area contributed by atoms with Gasteiger partial charge in [-0.05, 0) is 61.7 Å². The lowest BCUT2D eigenvalue weighted by atomic mass is 9.95. The Labute approximate surface area is 239 Å². The Bertz CT molecular complexity index is 1350. The third-order valence-electron chi connectivity index (χ3n) is 7.95. The van der Waals surface area contributed by atoms with E-state index in [-0.39, 0.29) is 31.0 Å². The molecule has 10 heteroatoms. The van der Waals surface area contributed by atoms with Crippen molar-refractivity contribution in [2.45, 2.75) is 64.2 Å². The molecular formula is C31H37N3O7. The number of furan rings is 2. The van der Waals surface area contributed by atoms with Gasteiger partial charge >= 0.3 is 0 Å². The highest BCUT2D eigenvalue weighted by molar-refractivity contribution is 5.96. The van der Waals surface area contributed by atoms with E-state index in [0.717, 1.165) is 44.3 Å². The maximum absolute atomic E-state index is 14.2. The molecule has 3 aromatic rings. The largest absolute Gasteiger partial charge is 0.464 e. The first-order valence-electron chi connectivity index (χ1n) is 14.5. The van der Waals surface area contributed by atoms with E-state index in [4.69, 9.17) is 23.0 Å². The molecule has 2 fully saturated rings. The number of benzene rings is 1. The third kappa shape index (κ3) is 6.44. The zero-order chi connectivity index (χ0) is 28.2. The average molecular weight is 564 g/mol. The monoisotopic (exact) mass is 563 g/mol. The molecule has 6 rings (SSSR count). The Morgan fingerprint density at radius 2 is 1.78 bits per heavy atom. The van der Waals surface area contributed by atoms with Crippen LogP contribution in [0.1, 0.15) is 71.5 Å². The number of hydrogen-bond acceptors (Lipinski definition) is 8. The molecule has 0 unspecified atom stereocenters. The van der Waals surface area contributed by atoms with Crippen molar-refractivity contribution in [3.05, 3.63) is 71.1 Å². The zero-order valence-electron chi connectivity index (χ0n) is 23.4. The van der Waals surface area contributed by atoms with Crippen LogP contribution < -0.4 is 14.8 Å². The van der Waals surface area contributed by atoms with Crippen molar-refractivity contribution >= 4 is 11.8 Å². The number of morpholine rings is 1. The van der Waals surface area contributed by atoms with E-state index in [0.29, 0.717) is 48.5 Å². The lowest BCUT2D eigenvalue weighted by Crippen LogP contribution is -2.46. The normalized spacial score (nSPS) is 18.3. The number of hydrogen-bond donors (Lipinski definition) is 1. The van der Waals surface area contributed by atoms with Crippen LogP contribution in [0.3, 0.4) is 0 Å². The van der Waals surface area contributed by atoms with Crippen molar-refractivity contribution in [1.82, 2.24) is 15.1 Å². The molecule has 4 heterocycles. The Hall–Kier alpha value is -3.76. The highest BCUT2D eigenvalue weighted by Gasteiger charge is 2.37. The summed E-state index contributed by atoms with van der Waals surface area (Å²) in [4.78, 5) is 32.0. The zero-order valence-corrected chi connectivity index (χ0v) is 23.4. The number of nitrogens with one attached hydrogen (secondary N) is 1. The maximum Gasteiger partial charge on any atom is 0.290 e. The number of ether oxygens (including phenoxy) is 3. The Morgan fingerprint density at radius 3 is 2.56 bits per heavy atom. The Kier molecular flexibility index (Phi) is 8.29. The number of carbonyl (C=O) groups excluding carboxylic acids is 2. The number of rotatable bonds is 9. The molecule has 1 N–H and O–H groups in total. The summed E-state index contributed by atoms with van der Waals surface area (Å²) in [5.74, 6) is 2.54. The fraction of sp³-hybridized carbons (Fsp3) is 0.484. The van der Waals surface area contributed by atoms with Crippen LogP contribution in [0, 0.1) is 6.92 Å². The second-order valence-corrected chi connectivity index (χ2v) is 11.0. The summed E-state index contributed by atoms with van der Waals surface area (Å²) in [5, 5.41) is 3.21. The van der Waals surface area contributed by atoms with E-state index >= 15 is 0 Å². The molecule has 3 aliphatic rings. The van der Waals surface area contributed by atoms with Gasteiger partial charge < -0.3 is 33.3 Å². The SMILES string of the molecule is Cc1ccc([C@@H](C(=O)NC2CCCCC2)N(Cc2ccc3c(c2)OCO3)C(=O)c2ccc(CN3CCOCC3)o2)o1. The molecule has 1 aromatic carbocycles. The van der Waals surface area contributed by atoms with Crippen LogP contribution in [0.15, 0.2) is 51.3 Å². The van der Waals surface area contributed by atoms with Gasteiger partial charge in [0, 0.05) is 25.7 Å². The molecule has 2 aliphatic heterocycles. The predicted octanol–water partition coefficient (Wildman–Crippen LogP) is 4.57. The fourth-order valence-electron chi connectivity index (χ4n) is 5.77. The van der Waals surface area contributed by atoms with Crippen molar-refractivity contribution in [3.8, 4) is 11.5 Å². The molecular weight excluding hydrogens is 526 g/mol. The smallest absolute Gasteiger partial charge is 0.290 e. The summed E-state index contributed by atoms with van der Waals surface area (Å²) in [6.45, 7) is 5.67. The highest BCUT2D eigenvalue weighted by Crippen LogP contribution is 2.35. The minimum atomic E-state index is -0.989. The van der Waals surface area contributed by atoms with Crippen LogP contribution in [0.4, 0.5) is 0 Å². The van der Waals surface area contributed by atoms with Crippen LogP contribution in [0.2, 0.25) is 0 Å². The molecule has 0 radical (unpaired) electrons. The van der Waals surface area contributed by atoms with Gasteiger partial charge in [-0.15, -0.1) is 0 Å². The van der Waals surface area contributed by atoms with E-state index in [2.05, 4.69) is 10.2 Å². The van der Waals surface area contributed by atoms with Crippen molar-refractivity contribution < 1.29 is 32.6 Å². The van der Waals surface area contributed by atoms with Crippen molar-refractivity contribution in [1.29, 1.82) is 0 Å². The molecule has 218 valence electrons. The number of amides is 2. The molecule has 1 saturated heterocycles. The van der Waals surface area contributed by atoms with Gasteiger partial charge in [-0.2, -0.15) is 0 Å². The summed E-state index contributed by atoms with van der Waals surface area (Å²) in [6, 6.07) is 11.7. The maximum atomic E-state index is 14.2. The standard InChI is InChI=1S/C31H37N3O7/c1-21-7-10-26(40-21)29(30(35)32-23-5-3-2-4-6-23)34(18-22-8-11-25-28(17-22)39-20-38-25)31(36)27-12-9-24(41-27)19-33-13-15-37-16-14-33/h7-12,17,23,29H,2-6,13-16,18-20H2,1H3,(H,32,35)/t29-/m0/s1. The molecule has 0 spiro atoms. The summed E-state index contributed by atoms with van der Waals surface area (Å²) in [7, 11) is 0. The van der Waals surface area contributed by atoms with E-state index in [9.17, 15) is 9.59 Å². The van der Waals surface area contributed by atoms with Gasteiger partial charge in [0.05, 0.1) is 19.8 Å². The van der Waals surface area contributed by atoms with Crippen molar-refractivity contribution in [2.24, 2.45) is 0 Å². The van der Waals surface area contributed by atoms with Crippen molar-refractivity contribution in [2.75, 3.05) is 33.1 Å². The molecule has 0 bridgehead atoms. The van der Waals surface area contributed by atoms with Crippen LogP contribution in [0.5, 0.6) is 11.5 Å². The lowest BCUT2D eigenvalue weighted by Gasteiger charge is -2.31. The second-order valence-electron chi connectivity index (χ2n) is 11.0. The number of fused-ring (bicyclic) bond motifs is 1. The highest BCUT2D eigenvalue weighted by atomic mass is 16.7. The first-order valence-corrected chi connectivity index (χ1v) is 14.5. The van der Waals surface area contributed by atoms with Crippen LogP contribution in [-0.4, -0.2) is 60.8 Å². The Morgan fingerprint density at radius 1 is 0.976 bits per heavy atom. The predicted molar refractivity (Wildman–Crippen MR) is 148 cm³/mol. The van der Waals surface area contributed by atoms with E-state index in [1.54, 1.807) is 12.1 Å². The van der Waals surface area contributed by atoms with Crippen LogP contribution in [-0.2, 0) is 22.6 Å². The quantitative estimate of drug-likeness (QED) is 0.404. The fourth-order valence-corrected chi connectivity index (χ4v) is 5.77. The average Bonchev–Trinajstić information content (AvgIpc) is 3.75. The molecule has 1 aliphatic carbocycles. The van der Waals surface area contributed by atoms with Crippen LogP contribution in [0.25, 0.3) is 0 Å². The Balaban J connectivity index is 1.32. The minimum absolute atomic E-state index is 0.0704. The second kappa shape index (κ2) is 12.4. The first kappa shape index (κ1) is 27.4. The summed E-state index contributed by atoms with van der Waals surface area (Å²) in [6.07, 6.45) is 5.18. The van der Waals surface area contributed by atoms with E-state index in [1.807, 2.05) is 37.3 Å². The lowest BCUT2D eigenvalue weighted by molar-refractivity contribution is -0.127. The molecule has 2 aromatic heterocycles. The van der Waals surface area contributed by atoms with Gasteiger partial charge in [-0.3, -0.25) is 14.5 Å². The molecule has 2 amide bonds. The summed E-state index contributed by atoms with van der Waals surface area (Å²) >= 11 is 0. The molecule has 1 saturated carbocycles. The van der Waals surface area contributed by atoms with Crippen LogP contribution >= 0.6 is 0 Å². The van der Waals surface area contributed by atoms with Gasteiger partial charge in [0.25, 0.3) is 11.8 Å². The van der Waals surface area contributed by atoms with E-state index < -0.39 is 11.9 Å².